The Hall–Kier alpha value is -4.48. The Bertz CT molecular complexity index is 1550. The Kier molecular flexibility index (Phi) is 8.36. The molecule has 0 aliphatic rings. The van der Waals surface area contributed by atoms with E-state index in [1.165, 1.54) is 31.4 Å². The highest BCUT2D eigenvalue weighted by Gasteiger charge is 2.22. The second-order valence-electron chi connectivity index (χ2n) is 9.59. The first kappa shape index (κ1) is 28.5. The van der Waals surface area contributed by atoms with Crippen molar-refractivity contribution in [1.29, 1.82) is 0 Å². The molecule has 0 unspecified atom stereocenters. The van der Waals surface area contributed by atoms with E-state index in [-0.39, 0.29) is 38.5 Å². The highest BCUT2D eigenvalue weighted by molar-refractivity contribution is 6.45. The van der Waals surface area contributed by atoms with Crippen LogP contribution >= 0.6 is 23.2 Å². The van der Waals surface area contributed by atoms with E-state index < -0.39 is 12.1 Å². The van der Waals surface area contributed by atoms with Gasteiger partial charge >= 0.3 is 12.1 Å². The number of halogens is 2. The summed E-state index contributed by atoms with van der Waals surface area (Å²) in [6.45, 7) is 6.03. The number of benzene rings is 2. The predicted octanol–water partition coefficient (Wildman–Crippen LogP) is 6.76. The minimum atomic E-state index is -0.578. The molecule has 4 rings (SSSR count). The predicted molar refractivity (Wildman–Crippen MR) is 155 cm³/mol. The summed E-state index contributed by atoms with van der Waals surface area (Å²) in [6, 6.07) is 13.4. The van der Waals surface area contributed by atoms with Gasteiger partial charge in [-0.1, -0.05) is 44.0 Å². The lowest BCUT2D eigenvalue weighted by Gasteiger charge is -2.14. The van der Waals surface area contributed by atoms with E-state index in [2.05, 4.69) is 31.3 Å². The van der Waals surface area contributed by atoms with Crippen molar-refractivity contribution in [3.05, 3.63) is 76.5 Å². The second-order valence-corrected chi connectivity index (χ2v) is 10.4. The largest absolute Gasteiger partial charge is 0.508 e. The van der Waals surface area contributed by atoms with Gasteiger partial charge < -0.3 is 20.5 Å². The minimum Gasteiger partial charge on any atom is -0.508 e. The van der Waals surface area contributed by atoms with Crippen LogP contribution < -0.4 is 26.0 Å². The topological polar surface area (TPSA) is 142 Å². The number of carbonyl (C=O) groups is 2. The van der Waals surface area contributed by atoms with Crippen molar-refractivity contribution in [3.8, 4) is 22.9 Å². The van der Waals surface area contributed by atoms with E-state index in [1.807, 2.05) is 20.8 Å². The number of nitrogens with one attached hydrogen (secondary N) is 4. The third kappa shape index (κ3) is 6.74. The summed E-state index contributed by atoms with van der Waals surface area (Å²) in [6.07, 6.45) is 1.46. The molecule has 0 atom stereocenters. The first-order valence-corrected chi connectivity index (χ1v) is 12.8. The lowest BCUT2D eigenvalue weighted by molar-refractivity contribution is 0.254. The van der Waals surface area contributed by atoms with E-state index in [4.69, 9.17) is 27.9 Å². The normalized spacial score (nSPS) is 11.1. The molecule has 4 amide bonds. The van der Waals surface area contributed by atoms with Crippen LogP contribution in [0.3, 0.4) is 0 Å². The molecule has 13 heteroatoms. The molecule has 208 valence electrons. The molecule has 5 N–H and O–H groups in total. The molecular formula is C27H27Cl2N7O4. The van der Waals surface area contributed by atoms with Gasteiger partial charge in [0.25, 0.3) is 0 Å². The molecule has 0 aliphatic carbocycles. The number of nitrogens with zero attached hydrogens (tertiary/aromatic N) is 3. The van der Waals surface area contributed by atoms with Crippen LogP contribution in [0.2, 0.25) is 10.0 Å². The van der Waals surface area contributed by atoms with Gasteiger partial charge in [-0.15, -0.1) is 0 Å². The molecule has 11 nitrogen and oxygen atoms in total. The van der Waals surface area contributed by atoms with Crippen LogP contribution in [0.15, 0.2) is 60.8 Å². The Morgan fingerprint density at radius 2 is 1.65 bits per heavy atom. The SMILES string of the molecule is CNC(=O)Nc1cc(Oc2ccc(NC(=O)Nc3cc(C(C)(C)C)nn3-c3ccc(O)cc3)c(Cl)c2Cl)ccn1. The zero-order chi connectivity index (χ0) is 29.0. The van der Waals surface area contributed by atoms with E-state index in [0.29, 0.717) is 17.3 Å². The van der Waals surface area contributed by atoms with Crippen molar-refractivity contribution in [2.45, 2.75) is 26.2 Å². The number of pyridine rings is 1. The maximum atomic E-state index is 13.0. The first-order chi connectivity index (χ1) is 18.9. The van der Waals surface area contributed by atoms with Crippen LogP contribution in [0.1, 0.15) is 26.5 Å². The number of aromatic hydroxyl groups is 1. The summed E-state index contributed by atoms with van der Waals surface area (Å²) in [5.41, 5.74) is 1.37. The van der Waals surface area contributed by atoms with Crippen LogP contribution in [0.25, 0.3) is 5.69 Å². The monoisotopic (exact) mass is 583 g/mol. The first-order valence-electron chi connectivity index (χ1n) is 12.0. The highest BCUT2D eigenvalue weighted by atomic mass is 35.5. The van der Waals surface area contributed by atoms with Gasteiger partial charge in [-0.2, -0.15) is 5.10 Å². The number of phenolic OH excluding ortho intramolecular Hbond substituents is 1. The van der Waals surface area contributed by atoms with E-state index in [1.54, 1.807) is 41.1 Å². The summed E-state index contributed by atoms with van der Waals surface area (Å²) in [5.74, 6) is 1.39. The zero-order valence-corrected chi connectivity index (χ0v) is 23.6. The third-order valence-corrected chi connectivity index (χ3v) is 6.40. The smallest absolute Gasteiger partial charge is 0.324 e. The number of amides is 4. The zero-order valence-electron chi connectivity index (χ0n) is 22.0. The molecule has 0 spiro atoms. The molecule has 0 bridgehead atoms. The van der Waals surface area contributed by atoms with Crippen LogP contribution in [-0.2, 0) is 5.41 Å². The molecule has 0 saturated carbocycles. The maximum Gasteiger partial charge on any atom is 0.324 e. The molecule has 0 radical (unpaired) electrons. The van der Waals surface area contributed by atoms with Gasteiger partial charge in [-0.05, 0) is 42.5 Å². The number of ether oxygens (including phenoxy) is 1. The fourth-order valence-electron chi connectivity index (χ4n) is 3.45. The van der Waals surface area contributed by atoms with Crippen LogP contribution in [-0.4, -0.2) is 39.0 Å². The summed E-state index contributed by atoms with van der Waals surface area (Å²) in [4.78, 5) is 28.6. The highest BCUT2D eigenvalue weighted by Crippen LogP contribution is 2.40. The number of hydrogen-bond donors (Lipinski definition) is 5. The molecule has 0 aliphatic heterocycles. The second kappa shape index (κ2) is 11.7. The molecule has 0 saturated heterocycles. The van der Waals surface area contributed by atoms with E-state index in [0.717, 1.165) is 5.69 Å². The summed E-state index contributed by atoms with van der Waals surface area (Å²) in [5, 5.41) is 24.9. The van der Waals surface area contributed by atoms with Gasteiger partial charge in [0.1, 0.15) is 33.9 Å². The maximum absolute atomic E-state index is 13.0. The number of rotatable bonds is 6. The van der Waals surface area contributed by atoms with Crippen LogP contribution in [0.4, 0.5) is 26.9 Å². The van der Waals surface area contributed by atoms with Crippen molar-refractivity contribution in [3.63, 3.8) is 0 Å². The average Bonchev–Trinajstić information content (AvgIpc) is 3.33. The number of urea groups is 2. The fourth-order valence-corrected chi connectivity index (χ4v) is 3.86. The van der Waals surface area contributed by atoms with Crippen molar-refractivity contribution >= 4 is 52.6 Å². The van der Waals surface area contributed by atoms with Crippen molar-refractivity contribution in [2.75, 3.05) is 23.0 Å². The van der Waals surface area contributed by atoms with E-state index >= 15 is 0 Å². The Morgan fingerprint density at radius 3 is 2.33 bits per heavy atom. The van der Waals surface area contributed by atoms with Gasteiger partial charge in [0.15, 0.2) is 0 Å². The molecular weight excluding hydrogens is 557 g/mol. The number of anilines is 3. The summed E-state index contributed by atoms with van der Waals surface area (Å²) < 4.78 is 7.40. The van der Waals surface area contributed by atoms with Crippen LogP contribution in [0.5, 0.6) is 17.2 Å². The molecule has 0 fully saturated rings. The summed E-state index contributed by atoms with van der Waals surface area (Å²) in [7, 11) is 1.49. The minimum absolute atomic E-state index is 0.0644. The van der Waals surface area contributed by atoms with Crippen LogP contribution in [0, 0.1) is 0 Å². The standard InChI is InChI=1S/C27H27Cl2N7O4/c1-27(2,3)20-14-22(36(35-20)15-5-7-16(37)8-6-15)34-26(39)32-18-9-10-19(24(29)23(18)28)40-17-11-12-31-21(13-17)33-25(38)30-4/h5-14,37H,1-4H3,(H2,32,34,39)(H2,30,31,33,38). The lowest BCUT2D eigenvalue weighted by atomic mass is 9.92. The Balaban J connectivity index is 1.52. The lowest BCUT2D eigenvalue weighted by Crippen LogP contribution is -2.24. The molecule has 2 aromatic carbocycles. The summed E-state index contributed by atoms with van der Waals surface area (Å²) >= 11 is 12.9. The molecule has 4 aromatic rings. The Labute approximate surface area is 240 Å². The Morgan fingerprint density at radius 1 is 0.925 bits per heavy atom. The van der Waals surface area contributed by atoms with Crippen molar-refractivity contribution in [1.82, 2.24) is 20.1 Å². The third-order valence-electron chi connectivity index (χ3n) is 5.54. The number of carbonyl (C=O) groups excluding carboxylic acids is 2. The van der Waals surface area contributed by atoms with Gasteiger partial charge in [0, 0.05) is 30.8 Å². The number of aromatic nitrogens is 3. The van der Waals surface area contributed by atoms with Gasteiger partial charge in [-0.3, -0.25) is 10.6 Å². The quantitative estimate of drug-likeness (QED) is 0.169. The van der Waals surface area contributed by atoms with Gasteiger partial charge in [0.05, 0.1) is 22.1 Å². The van der Waals surface area contributed by atoms with Gasteiger partial charge in [-0.25, -0.2) is 19.3 Å². The van der Waals surface area contributed by atoms with Crippen molar-refractivity contribution < 1.29 is 19.4 Å². The molecule has 2 heterocycles. The van der Waals surface area contributed by atoms with Crippen molar-refractivity contribution in [2.24, 2.45) is 0 Å². The fraction of sp³-hybridized carbons (Fsp3) is 0.185. The molecule has 40 heavy (non-hydrogen) atoms. The molecule has 2 aromatic heterocycles. The number of hydrogen-bond acceptors (Lipinski definition) is 6. The van der Waals surface area contributed by atoms with E-state index in [9.17, 15) is 14.7 Å². The average molecular weight is 584 g/mol. The number of phenols is 1. The van der Waals surface area contributed by atoms with Gasteiger partial charge in [0.2, 0.25) is 0 Å².